The fraction of sp³-hybridized carbons (Fsp3) is 0.778. The molecular weight excluding hydrogens is 356 g/mol. The van der Waals surface area contributed by atoms with Gasteiger partial charge in [-0.2, -0.15) is 0 Å². The van der Waals surface area contributed by atoms with Crippen LogP contribution in [-0.2, 0) is 23.9 Å². The van der Waals surface area contributed by atoms with Gasteiger partial charge in [0.25, 0.3) is 0 Å². The first-order chi connectivity index (χ1) is 12.5. The Labute approximate surface area is 159 Å². The summed E-state index contributed by atoms with van der Waals surface area (Å²) < 4.78 is 10.5. The fourth-order valence-corrected chi connectivity index (χ4v) is 2.62. The van der Waals surface area contributed by atoms with Crippen molar-refractivity contribution in [2.45, 2.75) is 90.0 Å². The summed E-state index contributed by atoms with van der Waals surface area (Å²) in [7, 11) is 0. The van der Waals surface area contributed by atoms with Crippen molar-refractivity contribution >= 4 is 23.9 Å². The second kappa shape index (κ2) is 10.1. The Kier molecular flexibility index (Phi) is 8.52. The molecule has 0 bridgehead atoms. The molecule has 154 valence electrons. The molecule has 0 unspecified atom stereocenters. The molecule has 1 aliphatic carbocycles. The lowest BCUT2D eigenvalue weighted by molar-refractivity contribution is -0.152. The molecule has 0 spiro atoms. The zero-order valence-corrected chi connectivity index (χ0v) is 16.4. The van der Waals surface area contributed by atoms with Gasteiger partial charge in [0.1, 0.15) is 23.8 Å². The van der Waals surface area contributed by atoms with Crippen LogP contribution in [0.2, 0.25) is 0 Å². The Bertz CT molecular complexity index is 550. The Morgan fingerprint density at radius 3 is 2.19 bits per heavy atom. The lowest BCUT2D eigenvalue weighted by atomic mass is 9.98. The minimum absolute atomic E-state index is 0.186. The van der Waals surface area contributed by atoms with Gasteiger partial charge < -0.3 is 25.2 Å². The second-order valence-corrected chi connectivity index (χ2v) is 7.72. The van der Waals surface area contributed by atoms with E-state index in [1.807, 2.05) is 0 Å². The number of amides is 2. The van der Waals surface area contributed by atoms with Gasteiger partial charge in [-0.05, 0) is 53.4 Å². The largest absolute Gasteiger partial charge is 0.480 e. The maximum absolute atomic E-state index is 12.3. The smallest absolute Gasteiger partial charge is 0.408 e. The first-order valence-electron chi connectivity index (χ1n) is 9.20. The minimum Gasteiger partial charge on any atom is -0.480 e. The Hall–Kier alpha value is -2.32. The van der Waals surface area contributed by atoms with Gasteiger partial charge in [0.05, 0.1) is 6.42 Å². The molecule has 0 aromatic carbocycles. The number of esters is 1. The van der Waals surface area contributed by atoms with Crippen molar-refractivity contribution in [3.63, 3.8) is 0 Å². The number of aliphatic carboxylic acids is 1. The van der Waals surface area contributed by atoms with Crippen LogP contribution in [0.25, 0.3) is 0 Å². The first-order valence-corrected chi connectivity index (χ1v) is 9.20. The van der Waals surface area contributed by atoms with E-state index in [1.165, 1.54) is 6.92 Å². The molecule has 2 atom stereocenters. The summed E-state index contributed by atoms with van der Waals surface area (Å²) in [5, 5.41) is 13.5. The topological polar surface area (TPSA) is 131 Å². The Morgan fingerprint density at radius 1 is 1.07 bits per heavy atom. The third kappa shape index (κ3) is 9.25. The van der Waals surface area contributed by atoms with Crippen molar-refractivity contribution in [3.05, 3.63) is 0 Å². The standard InChI is InChI=1S/C18H30N2O7/c1-11(16(23)24)19-15(22)13(20-17(25)27-18(2,3)4)10-14(21)26-12-8-6-5-7-9-12/h11-13H,5-10H2,1-4H3,(H,19,22)(H,20,25)(H,23,24)/t11-,13-/m0/s1. The molecular formula is C18H30N2O7. The van der Waals surface area contributed by atoms with Crippen LogP contribution in [0.15, 0.2) is 0 Å². The summed E-state index contributed by atoms with van der Waals surface area (Å²) in [5.74, 6) is -2.65. The molecule has 1 rings (SSSR count). The molecule has 0 aromatic heterocycles. The quantitative estimate of drug-likeness (QED) is 0.568. The number of carboxylic acid groups (broad SMARTS) is 1. The summed E-state index contributed by atoms with van der Waals surface area (Å²) in [6.07, 6.45) is 3.14. The molecule has 0 aromatic rings. The molecule has 0 heterocycles. The number of hydrogen-bond acceptors (Lipinski definition) is 6. The average molecular weight is 386 g/mol. The number of alkyl carbamates (subject to hydrolysis) is 1. The van der Waals surface area contributed by atoms with Gasteiger partial charge in [-0.3, -0.25) is 14.4 Å². The molecule has 1 fully saturated rings. The number of hydrogen-bond donors (Lipinski definition) is 3. The predicted molar refractivity (Wildman–Crippen MR) is 96.0 cm³/mol. The van der Waals surface area contributed by atoms with E-state index in [9.17, 15) is 19.2 Å². The van der Waals surface area contributed by atoms with Crippen LogP contribution in [0.1, 0.15) is 66.2 Å². The van der Waals surface area contributed by atoms with E-state index in [-0.39, 0.29) is 6.10 Å². The van der Waals surface area contributed by atoms with Crippen LogP contribution in [0.4, 0.5) is 4.79 Å². The maximum atomic E-state index is 12.3. The van der Waals surface area contributed by atoms with Gasteiger partial charge in [-0.15, -0.1) is 0 Å². The van der Waals surface area contributed by atoms with E-state index in [0.29, 0.717) is 0 Å². The summed E-state index contributed by atoms with van der Waals surface area (Å²) in [6.45, 7) is 6.26. The number of ether oxygens (including phenoxy) is 2. The van der Waals surface area contributed by atoms with Gasteiger partial charge >= 0.3 is 18.0 Å². The van der Waals surface area contributed by atoms with Crippen molar-refractivity contribution in [3.8, 4) is 0 Å². The van der Waals surface area contributed by atoms with Crippen molar-refractivity contribution in [1.82, 2.24) is 10.6 Å². The molecule has 0 radical (unpaired) electrons. The molecule has 0 aliphatic heterocycles. The second-order valence-electron chi connectivity index (χ2n) is 7.72. The molecule has 0 saturated heterocycles. The number of rotatable bonds is 7. The lowest BCUT2D eigenvalue weighted by Gasteiger charge is -2.25. The molecule has 3 N–H and O–H groups in total. The third-order valence-electron chi connectivity index (χ3n) is 3.96. The maximum Gasteiger partial charge on any atom is 0.408 e. The first kappa shape index (κ1) is 22.7. The van der Waals surface area contributed by atoms with E-state index in [1.54, 1.807) is 20.8 Å². The monoisotopic (exact) mass is 386 g/mol. The normalized spacial score (nSPS) is 17.3. The number of carbonyl (C=O) groups excluding carboxylic acids is 3. The van der Waals surface area contributed by atoms with Crippen molar-refractivity contribution in [1.29, 1.82) is 0 Å². The molecule has 1 aliphatic rings. The highest BCUT2D eigenvalue weighted by Gasteiger charge is 2.30. The zero-order chi connectivity index (χ0) is 20.6. The SMILES string of the molecule is C[C@H](NC(=O)[C@H](CC(=O)OC1CCCCC1)NC(=O)OC(C)(C)C)C(=O)O. The van der Waals surface area contributed by atoms with Gasteiger partial charge in [-0.1, -0.05) is 6.42 Å². The predicted octanol–water partition coefficient (Wildman–Crippen LogP) is 1.73. The highest BCUT2D eigenvalue weighted by atomic mass is 16.6. The van der Waals surface area contributed by atoms with Crippen LogP contribution in [0, 0.1) is 0 Å². The van der Waals surface area contributed by atoms with Gasteiger partial charge in [-0.25, -0.2) is 4.79 Å². The molecule has 27 heavy (non-hydrogen) atoms. The van der Waals surface area contributed by atoms with Crippen molar-refractivity contribution in [2.75, 3.05) is 0 Å². The van der Waals surface area contributed by atoms with E-state index in [0.717, 1.165) is 32.1 Å². The summed E-state index contributed by atoms with van der Waals surface area (Å²) >= 11 is 0. The van der Waals surface area contributed by atoms with Gasteiger partial charge in [0.2, 0.25) is 5.91 Å². The number of nitrogens with one attached hydrogen (secondary N) is 2. The molecule has 1 saturated carbocycles. The Balaban J connectivity index is 2.72. The van der Waals surface area contributed by atoms with Gasteiger partial charge in [0, 0.05) is 0 Å². The van der Waals surface area contributed by atoms with Crippen LogP contribution in [0.3, 0.4) is 0 Å². The highest BCUT2D eigenvalue weighted by Crippen LogP contribution is 2.21. The van der Waals surface area contributed by atoms with Crippen LogP contribution >= 0.6 is 0 Å². The average Bonchev–Trinajstić information content (AvgIpc) is 2.53. The summed E-state index contributed by atoms with van der Waals surface area (Å²) in [5.41, 5.74) is -0.790. The van der Waals surface area contributed by atoms with E-state index in [2.05, 4.69) is 10.6 Å². The molecule has 2 amide bonds. The third-order valence-corrected chi connectivity index (χ3v) is 3.96. The molecule has 9 heteroatoms. The number of carbonyl (C=O) groups is 4. The van der Waals surface area contributed by atoms with Crippen molar-refractivity contribution in [2.24, 2.45) is 0 Å². The van der Waals surface area contributed by atoms with Gasteiger partial charge in [0.15, 0.2) is 0 Å². The Morgan fingerprint density at radius 2 is 1.67 bits per heavy atom. The van der Waals surface area contributed by atoms with Crippen LogP contribution in [0.5, 0.6) is 0 Å². The zero-order valence-electron chi connectivity index (χ0n) is 16.4. The molecule has 9 nitrogen and oxygen atoms in total. The lowest BCUT2D eigenvalue weighted by Crippen LogP contribution is -2.52. The highest BCUT2D eigenvalue weighted by molar-refractivity contribution is 5.92. The minimum atomic E-state index is -1.29. The summed E-state index contributed by atoms with van der Waals surface area (Å²) in [6, 6.07) is -2.47. The van der Waals surface area contributed by atoms with E-state index >= 15 is 0 Å². The van der Waals surface area contributed by atoms with Crippen LogP contribution < -0.4 is 10.6 Å². The summed E-state index contributed by atoms with van der Waals surface area (Å²) in [4.78, 5) is 47.5. The van der Waals surface area contributed by atoms with Crippen LogP contribution in [-0.4, -0.2) is 52.8 Å². The van der Waals surface area contributed by atoms with Crippen molar-refractivity contribution < 1.29 is 33.8 Å². The number of carboxylic acids is 1. The fourth-order valence-electron chi connectivity index (χ4n) is 2.62. The van der Waals surface area contributed by atoms with E-state index in [4.69, 9.17) is 14.6 Å². The van der Waals surface area contributed by atoms with E-state index < -0.39 is 48.0 Å².